The molecular weight excluding hydrogens is 208 g/mol. The Morgan fingerprint density at radius 1 is 0.688 bits per heavy atom. The molecule has 0 amide bonds. The Hall–Kier alpha value is -2.03. The van der Waals surface area contributed by atoms with E-state index in [1.807, 2.05) is 0 Å². The summed E-state index contributed by atoms with van der Waals surface area (Å²) in [5.74, 6) is -0.756. The number of benzene rings is 2. The first-order chi connectivity index (χ1) is 7.66. The van der Waals surface area contributed by atoms with Crippen LogP contribution in [0.25, 0.3) is 11.1 Å². The van der Waals surface area contributed by atoms with Crippen LogP contribution in [0.4, 0.5) is 8.78 Å². The molecule has 3 rings (SSSR count). The summed E-state index contributed by atoms with van der Waals surface area (Å²) >= 11 is 0. The van der Waals surface area contributed by atoms with Crippen molar-refractivity contribution < 1.29 is 8.78 Å². The van der Waals surface area contributed by atoms with Crippen molar-refractivity contribution in [1.82, 2.24) is 0 Å². The molecule has 0 heterocycles. The van der Waals surface area contributed by atoms with Gasteiger partial charge in [0.1, 0.15) is 11.6 Å². The molecule has 0 bridgehead atoms. The van der Waals surface area contributed by atoms with Crippen molar-refractivity contribution in [2.75, 3.05) is 0 Å². The summed E-state index contributed by atoms with van der Waals surface area (Å²) in [4.78, 5) is 0. The third-order valence-corrected chi connectivity index (χ3v) is 2.79. The van der Waals surface area contributed by atoms with Crippen molar-refractivity contribution in [2.45, 2.75) is 0 Å². The van der Waals surface area contributed by atoms with E-state index >= 15 is 0 Å². The molecule has 2 aromatic carbocycles. The quantitative estimate of drug-likeness (QED) is 0.594. The zero-order valence-electron chi connectivity index (χ0n) is 8.22. The topological polar surface area (TPSA) is 23.9 Å². The summed E-state index contributed by atoms with van der Waals surface area (Å²) in [6, 6.07) is 8.59. The molecule has 2 aromatic rings. The first-order valence-corrected chi connectivity index (χ1v) is 4.85. The van der Waals surface area contributed by atoms with Crippen LogP contribution in [-0.2, 0) is 0 Å². The van der Waals surface area contributed by atoms with Crippen molar-refractivity contribution in [3.63, 3.8) is 0 Å². The summed E-state index contributed by atoms with van der Waals surface area (Å²) in [6.45, 7) is 0. The molecule has 0 unspecified atom stereocenters. The first kappa shape index (κ1) is 9.21. The largest absolute Gasteiger partial charge is 0.300 e. The van der Waals surface area contributed by atoms with E-state index in [1.165, 1.54) is 24.3 Å². The van der Waals surface area contributed by atoms with Gasteiger partial charge < -0.3 is 0 Å². The van der Waals surface area contributed by atoms with Gasteiger partial charge in [0.25, 0.3) is 0 Å². The van der Waals surface area contributed by atoms with Crippen molar-refractivity contribution >= 4 is 5.71 Å². The number of fused-ring (bicyclic) bond motifs is 3. The lowest BCUT2D eigenvalue weighted by molar-refractivity contribution is 0.627. The minimum atomic E-state index is -0.378. The summed E-state index contributed by atoms with van der Waals surface area (Å²) in [6.07, 6.45) is 0. The van der Waals surface area contributed by atoms with Gasteiger partial charge in [-0.15, -0.1) is 0 Å². The number of halogens is 2. The van der Waals surface area contributed by atoms with Crippen LogP contribution in [-0.4, -0.2) is 5.71 Å². The summed E-state index contributed by atoms with van der Waals surface area (Å²) in [5.41, 5.74) is 2.83. The van der Waals surface area contributed by atoms with E-state index in [0.29, 0.717) is 11.1 Å². The Labute approximate surface area is 90.9 Å². The van der Waals surface area contributed by atoms with E-state index in [-0.39, 0.29) is 17.3 Å². The normalized spacial score (nSPS) is 12.5. The molecule has 1 aliphatic rings. The van der Waals surface area contributed by atoms with E-state index < -0.39 is 0 Å². The third kappa shape index (κ3) is 1.11. The van der Waals surface area contributed by atoms with Gasteiger partial charge in [0.15, 0.2) is 0 Å². The molecule has 16 heavy (non-hydrogen) atoms. The molecule has 1 N–H and O–H groups in total. The van der Waals surface area contributed by atoms with Crippen molar-refractivity contribution in [3.8, 4) is 11.1 Å². The Morgan fingerprint density at radius 2 is 1.12 bits per heavy atom. The molecule has 0 spiro atoms. The molecule has 0 radical (unpaired) electrons. The Bertz CT molecular complexity index is 564. The van der Waals surface area contributed by atoms with Gasteiger partial charge in [-0.2, -0.15) is 0 Å². The molecular formula is C13H7F2N. The van der Waals surface area contributed by atoms with E-state index in [0.717, 1.165) is 11.1 Å². The average molecular weight is 215 g/mol. The highest BCUT2D eigenvalue weighted by molar-refractivity contribution is 6.22. The van der Waals surface area contributed by atoms with E-state index in [2.05, 4.69) is 0 Å². The smallest absolute Gasteiger partial charge is 0.123 e. The van der Waals surface area contributed by atoms with Crippen LogP contribution in [0.2, 0.25) is 0 Å². The second-order valence-electron chi connectivity index (χ2n) is 3.75. The van der Waals surface area contributed by atoms with Gasteiger partial charge in [0, 0.05) is 11.1 Å². The fourth-order valence-electron chi connectivity index (χ4n) is 2.06. The number of nitrogens with one attached hydrogen (secondary N) is 1. The fourth-order valence-corrected chi connectivity index (χ4v) is 2.06. The maximum absolute atomic E-state index is 13.1. The van der Waals surface area contributed by atoms with E-state index in [9.17, 15) is 8.78 Å². The molecule has 0 saturated carbocycles. The number of rotatable bonds is 0. The van der Waals surface area contributed by atoms with Crippen LogP contribution < -0.4 is 0 Å². The summed E-state index contributed by atoms with van der Waals surface area (Å²) in [5, 5.41) is 7.87. The lowest BCUT2D eigenvalue weighted by atomic mass is 10.1. The summed E-state index contributed by atoms with van der Waals surface area (Å²) < 4.78 is 26.1. The van der Waals surface area contributed by atoms with Crippen LogP contribution in [0.5, 0.6) is 0 Å². The van der Waals surface area contributed by atoms with E-state index in [4.69, 9.17) is 5.41 Å². The van der Waals surface area contributed by atoms with Gasteiger partial charge >= 0.3 is 0 Å². The van der Waals surface area contributed by atoms with E-state index in [1.54, 1.807) is 12.1 Å². The lowest BCUT2D eigenvalue weighted by Crippen LogP contribution is -1.96. The van der Waals surface area contributed by atoms with Crippen LogP contribution in [0.1, 0.15) is 11.1 Å². The first-order valence-electron chi connectivity index (χ1n) is 4.85. The Kier molecular flexibility index (Phi) is 1.72. The minimum absolute atomic E-state index is 0.184. The summed E-state index contributed by atoms with van der Waals surface area (Å²) in [7, 11) is 0. The second-order valence-corrected chi connectivity index (χ2v) is 3.75. The standard InChI is InChI=1S/C13H7F2N/c14-7-1-3-9-10-4-2-8(15)6-12(10)13(16)11(9)5-7/h1-6,16H. The molecule has 78 valence electrons. The number of hydrogen-bond donors (Lipinski definition) is 1. The van der Waals surface area contributed by atoms with Crippen molar-refractivity contribution in [2.24, 2.45) is 0 Å². The molecule has 3 heteroatoms. The van der Waals surface area contributed by atoms with Crippen LogP contribution in [0, 0.1) is 17.0 Å². The van der Waals surface area contributed by atoms with Gasteiger partial charge in [-0.3, -0.25) is 5.41 Å². The predicted octanol–water partition coefficient (Wildman–Crippen LogP) is 3.36. The van der Waals surface area contributed by atoms with Crippen molar-refractivity contribution in [3.05, 3.63) is 59.2 Å². The monoisotopic (exact) mass is 215 g/mol. The zero-order valence-corrected chi connectivity index (χ0v) is 8.22. The molecule has 1 nitrogen and oxygen atoms in total. The highest BCUT2D eigenvalue weighted by Crippen LogP contribution is 2.36. The minimum Gasteiger partial charge on any atom is -0.300 e. The molecule has 0 aromatic heterocycles. The van der Waals surface area contributed by atoms with Gasteiger partial charge in [-0.05, 0) is 35.4 Å². The van der Waals surface area contributed by atoms with Crippen molar-refractivity contribution in [1.29, 1.82) is 5.41 Å². The lowest BCUT2D eigenvalue weighted by Gasteiger charge is -1.99. The third-order valence-electron chi connectivity index (χ3n) is 2.79. The predicted molar refractivity (Wildman–Crippen MR) is 57.7 cm³/mol. The molecule has 0 saturated heterocycles. The Balaban J connectivity index is 2.34. The molecule has 1 aliphatic carbocycles. The van der Waals surface area contributed by atoms with Crippen LogP contribution in [0.15, 0.2) is 36.4 Å². The molecule has 0 atom stereocenters. The van der Waals surface area contributed by atoms with Gasteiger partial charge in [0.05, 0.1) is 5.71 Å². The number of hydrogen-bond acceptors (Lipinski definition) is 1. The maximum atomic E-state index is 13.1. The van der Waals surface area contributed by atoms with Gasteiger partial charge in [-0.25, -0.2) is 8.78 Å². The molecule has 0 fully saturated rings. The highest BCUT2D eigenvalue weighted by atomic mass is 19.1. The maximum Gasteiger partial charge on any atom is 0.123 e. The van der Waals surface area contributed by atoms with Crippen LogP contribution >= 0.6 is 0 Å². The van der Waals surface area contributed by atoms with Gasteiger partial charge in [0.2, 0.25) is 0 Å². The average Bonchev–Trinajstić information content (AvgIpc) is 2.53. The fraction of sp³-hybridized carbons (Fsp3) is 0. The van der Waals surface area contributed by atoms with Gasteiger partial charge in [-0.1, -0.05) is 12.1 Å². The second kappa shape index (κ2) is 2.98. The Morgan fingerprint density at radius 3 is 1.56 bits per heavy atom. The zero-order chi connectivity index (χ0) is 11.3. The highest BCUT2D eigenvalue weighted by Gasteiger charge is 2.24. The SMILES string of the molecule is N=C1c2cc(F)ccc2-c2ccc(F)cc21. The molecule has 0 aliphatic heterocycles. The van der Waals surface area contributed by atoms with Crippen LogP contribution in [0.3, 0.4) is 0 Å².